The Balaban J connectivity index is 1.58. The predicted octanol–water partition coefficient (Wildman–Crippen LogP) is 4.48. The first-order valence-electron chi connectivity index (χ1n) is 7.76. The third-order valence-corrected chi connectivity index (χ3v) is 4.51. The van der Waals surface area contributed by atoms with Crippen molar-refractivity contribution in [1.82, 2.24) is 4.98 Å². The van der Waals surface area contributed by atoms with E-state index in [0.717, 1.165) is 40.9 Å². The van der Waals surface area contributed by atoms with Crippen LogP contribution >= 0.6 is 11.3 Å². The molecule has 0 aliphatic carbocycles. The molecule has 0 atom stereocenters. The van der Waals surface area contributed by atoms with Crippen LogP contribution in [-0.2, 0) is 6.42 Å². The Hall–Kier alpha value is -2.53. The van der Waals surface area contributed by atoms with E-state index in [0.29, 0.717) is 0 Å². The highest BCUT2D eigenvalue weighted by molar-refractivity contribution is 7.14. The van der Waals surface area contributed by atoms with Crippen molar-refractivity contribution in [2.75, 3.05) is 26.1 Å². The number of nitrogens with one attached hydrogen (secondary N) is 1. The Morgan fingerprint density at radius 2 is 1.79 bits per heavy atom. The molecule has 3 aromatic rings. The summed E-state index contributed by atoms with van der Waals surface area (Å²) in [7, 11) is 3.30. The van der Waals surface area contributed by atoms with Crippen molar-refractivity contribution in [2.24, 2.45) is 0 Å². The maximum absolute atomic E-state index is 5.34. The SMILES string of the molecule is COc1ccc(CCNc2nc(-c3ccccc3)cs2)cc1OC. The number of benzene rings is 2. The number of ether oxygens (including phenoxy) is 2. The number of anilines is 1. The van der Waals surface area contributed by atoms with Gasteiger partial charge in [-0.15, -0.1) is 11.3 Å². The van der Waals surface area contributed by atoms with E-state index in [1.165, 1.54) is 5.56 Å². The average molecular weight is 340 g/mol. The molecule has 24 heavy (non-hydrogen) atoms. The molecule has 4 nitrogen and oxygen atoms in total. The van der Waals surface area contributed by atoms with Crippen molar-refractivity contribution < 1.29 is 9.47 Å². The van der Waals surface area contributed by atoms with E-state index in [4.69, 9.17) is 9.47 Å². The molecule has 1 N–H and O–H groups in total. The van der Waals surface area contributed by atoms with E-state index in [9.17, 15) is 0 Å². The van der Waals surface area contributed by atoms with Gasteiger partial charge in [-0.3, -0.25) is 0 Å². The Bertz CT molecular complexity index is 787. The number of hydrogen-bond donors (Lipinski definition) is 1. The second-order valence-corrected chi connectivity index (χ2v) is 6.13. The molecule has 3 rings (SSSR count). The summed E-state index contributed by atoms with van der Waals surface area (Å²) in [6, 6.07) is 16.2. The van der Waals surface area contributed by atoms with Gasteiger partial charge in [0.15, 0.2) is 16.6 Å². The summed E-state index contributed by atoms with van der Waals surface area (Å²) in [6.45, 7) is 0.817. The highest BCUT2D eigenvalue weighted by Crippen LogP contribution is 2.28. The van der Waals surface area contributed by atoms with Gasteiger partial charge in [0, 0.05) is 17.5 Å². The lowest BCUT2D eigenvalue weighted by Gasteiger charge is -2.09. The maximum Gasteiger partial charge on any atom is 0.183 e. The molecular formula is C19H20N2O2S. The van der Waals surface area contributed by atoms with Crippen LogP contribution in [0.4, 0.5) is 5.13 Å². The first-order valence-corrected chi connectivity index (χ1v) is 8.64. The molecule has 1 aromatic heterocycles. The van der Waals surface area contributed by atoms with Crippen LogP contribution in [0.2, 0.25) is 0 Å². The highest BCUT2D eigenvalue weighted by Gasteiger charge is 2.06. The second-order valence-electron chi connectivity index (χ2n) is 5.27. The van der Waals surface area contributed by atoms with Gasteiger partial charge in [0.2, 0.25) is 0 Å². The number of rotatable bonds is 7. The van der Waals surface area contributed by atoms with Crippen molar-refractivity contribution >= 4 is 16.5 Å². The van der Waals surface area contributed by atoms with Gasteiger partial charge in [0.25, 0.3) is 0 Å². The summed E-state index contributed by atoms with van der Waals surface area (Å²) in [5, 5.41) is 6.40. The monoisotopic (exact) mass is 340 g/mol. The standard InChI is InChI=1S/C19H20N2O2S/c1-22-17-9-8-14(12-18(17)23-2)10-11-20-19-21-16(13-24-19)15-6-4-3-5-7-15/h3-9,12-13H,10-11H2,1-2H3,(H,20,21). The van der Waals surface area contributed by atoms with E-state index in [1.807, 2.05) is 30.3 Å². The van der Waals surface area contributed by atoms with Crippen LogP contribution < -0.4 is 14.8 Å². The van der Waals surface area contributed by atoms with Crippen LogP contribution in [0, 0.1) is 0 Å². The van der Waals surface area contributed by atoms with Gasteiger partial charge >= 0.3 is 0 Å². The zero-order valence-corrected chi connectivity index (χ0v) is 14.6. The van der Waals surface area contributed by atoms with Crippen LogP contribution in [0.3, 0.4) is 0 Å². The summed E-state index contributed by atoms with van der Waals surface area (Å²) in [5.41, 5.74) is 3.34. The van der Waals surface area contributed by atoms with Gasteiger partial charge in [0.05, 0.1) is 19.9 Å². The van der Waals surface area contributed by atoms with Gasteiger partial charge in [-0.2, -0.15) is 0 Å². The second kappa shape index (κ2) is 7.84. The van der Waals surface area contributed by atoms with Crippen LogP contribution in [0.1, 0.15) is 5.56 Å². The summed E-state index contributed by atoms with van der Waals surface area (Å²) < 4.78 is 10.6. The molecule has 124 valence electrons. The number of thiazole rings is 1. The molecular weight excluding hydrogens is 320 g/mol. The molecule has 0 aliphatic heterocycles. The first kappa shape index (κ1) is 16.3. The average Bonchev–Trinajstić information content (AvgIpc) is 3.11. The molecule has 0 saturated carbocycles. The Labute approximate surface area is 146 Å². The summed E-state index contributed by atoms with van der Waals surface area (Å²) >= 11 is 1.63. The van der Waals surface area contributed by atoms with Gasteiger partial charge in [-0.05, 0) is 24.1 Å². The van der Waals surface area contributed by atoms with E-state index in [2.05, 4.69) is 33.9 Å². The lowest BCUT2D eigenvalue weighted by atomic mass is 10.1. The van der Waals surface area contributed by atoms with Crippen LogP contribution in [0.15, 0.2) is 53.9 Å². The van der Waals surface area contributed by atoms with Crippen molar-refractivity contribution in [3.05, 3.63) is 59.5 Å². The minimum Gasteiger partial charge on any atom is -0.493 e. The lowest BCUT2D eigenvalue weighted by Crippen LogP contribution is -2.05. The van der Waals surface area contributed by atoms with Gasteiger partial charge in [0.1, 0.15) is 0 Å². The van der Waals surface area contributed by atoms with Crippen molar-refractivity contribution in [1.29, 1.82) is 0 Å². The van der Waals surface area contributed by atoms with Crippen LogP contribution in [0.5, 0.6) is 11.5 Å². The fourth-order valence-corrected chi connectivity index (χ4v) is 3.19. The molecule has 0 spiro atoms. The molecule has 0 unspecified atom stereocenters. The quantitative estimate of drug-likeness (QED) is 0.688. The summed E-state index contributed by atoms with van der Waals surface area (Å²) in [6.07, 6.45) is 0.889. The molecule has 0 fully saturated rings. The van der Waals surface area contributed by atoms with E-state index in [-0.39, 0.29) is 0 Å². The summed E-state index contributed by atoms with van der Waals surface area (Å²) in [4.78, 5) is 4.64. The zero-order valence-electron chi connectivity index (χ0n) is 13.8. The molecule has 5 heteroatoms. The van der Waals surface area contributed by atoms with E-state index >= 15 is 0 Å². The molecule has 0 aliphatic rings. The Morgan fingerprint density at radius 1 is 1.00 bits per heavy atom. The van der Waals surface area contributed by atoms with Crippen LogP contribution in [0.25, 0.3) is 11.3 Å². The zero-order chi connectivity index (χ0) is 16.8. The predicted molar refractivity (Wildman–Crippen MR) is 99.3 cm³/mol. The molecule has 0 bridgehead atoms. The number of nitrogens with zero attached hydrogens (tertiary/aromatic N) is 1. The van der Waals surface area contributed by atoms with Gasteiger partial charge < -0.3 is 14.8 Å². The minimum absolute atomic E-state index is 0.752. The van der Waals surface area contributed by atoms with Crippen molar-refractivity contribution in [3.63, 3.8) is 0 Å². The van der Waals surface area contributed by atoms with E-state index < -0.39 is 0 Å². The molecule has 0 radical (unpaired) electrons. The van der Waals surface area contributed by atoms with E-state index in [1.54, 1.807) is 25.6 Å². The normalized spacial score (nSPS) is 10.4. The fourth-order valence-electron chi connectivity index (χ4n) is 2.45. The number of aromatic nitrogens is 1. The Kier molecular flexibility index (Phi) is 5.33. The number of methoxy groups -OCH3 is 2. The number of hydrogen-bond acceptors (Lipinski definition) is 5. The Morgan fingerprint density at radius 3 is 2.54 bits per heavy atom. The maximum atomic E-state index is 5.34. The lowest BCUT2D eigenvalue weighted by molar-refractivity contribution is 0.354. The van der Waals surface area contributed by atoms with Gasteiger partial charge in [-0.25, -0.2) is 4.98 Å². The molecule has 2 aromatic carbocycles. The molecule has 0 amide bonds. The van der Waals surface area contributed by atoms with Crippen molar-refractivity contribution in [2.45, 2.75) is 6.42 Å². The summed E-state index contributed by atoms with van der Waals surface area (Å²) in [5.74, 6) is 1.51. The first-order chi connectivity index (χ1) is 11.8. The highest BCUT2D eigenvalue weighted by atomic mass is 32.1. The van der Waals surface area contributed by atoms with Gasteiger partial charge in [-0.1, -0.05) is 36.4 Å². The third-order valence-electron chi connectivity index (χ3n) is 3.71. The largest absolute Gasteiger partial charge is 0.493 e. The molecule has 0 saturated heterocycles. The topological polar surface area (TPSA) is 43.4 Å². The molecule has 1 heterocycles. The third kappa shape index (κ3) is 3.86. The smallest absolute Gasteiger partial charge is 0.183 e. The van der Waals surface area contributed by atoms with Crippen LogP contribution in [-0.4, -0.2) is 25.7 Å². The minimum atomic E-state index is 0.752. The fraction of sp³-hybridized carbons (Fsp3) is 0.211. The van der Waals surface area contributed by atoms with Crippen molar-refractivity contribution in [3.8, 4) is 22.8 Å².